The molecule has 0 atom stereocenters. The lowest BCUT2D eigenvalue weighted by atomic mass is 10.1. The van der Waals surface area contributed by atoms with Gasteiger partial charge < -0.3 is 10.1 Å². The van der Waals surface area contributed by atoms with Crippen molar-refractivity contribution in [2.75, 3.05) is 18.1 Å². The number of benzene rings is 1. The summed E-state index contributed by atoms with van der Waals surface area (Å²) >= 11 is 0. The van der Waals surface area contributed by atoms with Crippen molar-refractivity contribution < 1.29 is 31.1 Å². The zero-order chi connectivity index (χ0) is 22.9. The van der Waals surface area contributed by atoms with Gasteiger partial charge in [-0.3, -0.25) is 4.79 Å². The van der Waals surface area contributed by atoms with Crippen molar-refractivity contribution in [1.29, 1.82) is 0 Å². The molecule has 1 N–H and O–H groups in total. The van der Waals surface area contributed by atoms with E-state index >= 15 is 0 Å². The molecule has 0 unspecified atom stereocenters. The van der Waals surface area contributed by atoms with Crippen molar-refractivity contribution in [1.82, 2.24) is 15.3 Å². The molecule has 1 saturated heterocycles. The Hall–Kier alpha value is -3.21. The minimum absolute atomic E-state index is 0.0144. The van der Waals surface area contributed by atoms with Crippen molar-refractivity contribution in [3.63, 3.8) is 0 Å². The highest BCUT2D eigenvalue weighted by atomic mass is 32.2. The monoisotopic (exact) mass is 465 g/mol. The second kappa shape index (κ2) is 8.38. The Morgan fingerprint density at radius 3 is 2.56 bits per heavy atom. The minimum Gasteiger partial charge on any atom is -0.439 e. The maximum Gasteiger partial charge on any atom is 0.417 e. The molecule has 0 aliphatic carbocycles. The number of pyridine rings is 2. The highest BCUT2D eigenvalue weighted by Gasteiger charge is 2.32. The molecule has 7 nitrogen and oxygen atoms in total. The summed E-state index contributed by atoms with van der Waals surface area (Å²) in [5.41, 5.74) is -0.108. The SMILES string of the molecule is O=C(NCCC1CS(=O)(=O)C1)c1ccc2cc(Oc3ccc(C(F)(F)F)cn3)ccc2n1. The van der Waals surface area contributed by atoms with Crippen LogP contribution in [0.2, 0.25) is 0 Å². The van der Waals surface area contributed by atoms with Crippen LogP contribution in [0.5, 0.6) is 11.6 Å². The lowest BCUT2D eigenvalue weighted by molar-refractivity contribution is -0.137. The number of alkyl halides is 3. The molecule has 0 saturated carbocycles. The fourth-order valence-corrected chi connectivity index (χ4v) is 5.01. The molecule has 32 heavy (non-hydrogen) atoms. The van der Waals surface area contributed by atoms with Gasteiger partial charge in [0.25, 0.3) is 5.91 Å². The predicted molar refractivity (Wildman–Crippen MR) is 110 cm³/mol. The summed E-state index contributed by atoms with van der Waals surface area (Å²) in [5.74, 6) is 0.443. The molecule has 3 heterocycles. The second-order valence-electron chi connectivity index (χ2n) is 7.52. The number of fused-ring (bicyclic) bond motifs is 1. The van der Waals surface area contributed by atoms with E-state index in [0.29, 0.717) is 35.8 Å². The summed E-state index contributed by atoms with van der Waals surface area (Å²) in [6, 6.07) is 10.1. The van der Waals surface area contributed by atoms with Crippen LogP contribution >= 0.6 is 0 Å². The molecule has 0 bridgehead atoms. The van der Waals surface area contributed by atoms with Crippen LogP contribution in [-0.2, 0) is 16.0 Å². The third-order valence-corrected chi connectivity index (χ3v) is 6.96. The quantitative estimate of drug-likeness (QED) is 0.597. The molecule has 1 amide bonds. The van der Waals surface area contributed by atoms with Gasteiger partial charge in [-0.15, -0.1) is 0 Å². The van der Waals surface area contributed by atoms with Gasteiger partial charge in [0.15, 0.2) is 9.84 Å². The van der Waals surface area contributed by atoms with Crippen LogP contribution in [0.4, 0.5) is 13.2 Å². The van der Waals surface area contributed by atoms with Crippen LogP contribution in [0, 0.1) is 5.92 Å². The Morgan fingerprint density at radius 2 is 1.91 bits per heavy atom. The number of hydrogen-bond acceptors (Lipinski definition) is 6. The largest absolute Gasteiger partial charge is 0.439 e. The van der Waals surface area contributed by atoms with E-state index in [1.807, 2.05) is 0 Å². The molecule has 2 aromatic heterocycles. The predicted octanol–water partition coefficient (Wildman–Crippen LogP) is 3.61. The molecule has 1 aliphatic heterocycles. The van der Waals surface area contributed by atoms with E-state index in [1.165, 1.54) is 0 Å². The maximum atomic E-state index is 12.6. The van der Waals surface area contributed by atoms with Crippen LogP contribution in [0.15, 0.2) is 48.7 Å². The highest BCUT2D eigenvalue weighted by Crippen LogP contribution is 2.30. The van der Waals surface area contributed by atoms with Gasteiger partial charge >= 0.3 is 6.18 Å². The number of amides is 1. The zero-order valence-corrected chi connectivity index (χ0v) is 17.4. The molecule has 1 aromatic carbocycles. The van der Waals surface area contributed by atoms with E-state index in [0.717, 1.165) is 12.1 Å². The number of aromatic nitrogens is 2. The first kappa shape index (κ1) is 22.0. The Labute approximate surface area is 181 Å². The number of nitrogens with zero attached hydrogens (tertiary/aromatic N) is 2. The van der Waals surface area contributed by atoms with E-state index in [1.54, 1.807) is 30.3 Å². The van der Waals surface area contributed by atoms with Crippen molar-refractivity contribution >= 4 is 26.6 Å². The summed E-state index contributed by atoms with van der Waals surface area (Å²) in [5, 5.41) is 3.41. The number of ether oxygens (including phenoxy) is 1. The number of nitrogens with one attached hydrogen (secondary N) is 1. The molecule has 168 valence electrons. The number of rotatable bonds is 6. The molecule has 0 radical (unpaired) electrons. The van der Waals surface area contributed by atoms with Gasteiger partial charge in [0.1, 0.15) is 11.4 Å². The Morgan fingerprint density at radius 1 is 1.12 bits per heavy atom. The summed E-state index contributed by atoms with van der Waals surface area (Å²) in [4.78, 5) is 20.3. The smallest absolute Gasteiger partial charge is 0.417 e. The molecule has 4 rings (SSSR count). The lowest BCUT2D eigenvalue weighted by Crippen LogP contribution is -2.38. The minimum atomic E-state index is -4.47. The van der Waals surface area contributed by atoms with Gasteiger partial charge in [-0.25, -0.2) is 18.4 Å². The lowest BCUT2D eigenvalue weighted by Gasteiger charge is -2.25. The number of carbonyl (C=O) groups excluding carboxylic acids is 1. The van der Waals surface area contributed by atoms with Crippen molar-refractivity contribution in [2.45, 2.75) is 12.6 Å². The third kappa shape index (κ3) is 5.16. The Balaban J connectivity index is 1.38. The van der Waals surface area contributed by atoms with Crippen LogP contribution in [0.1, 0.15) is 22.5 Å². The number of halogens is 3. The van der Waals surface area contributed by atoms with E-state index in [4.69, 9.17) is 4.74 Å². The van der Waals surface area contributed by atoms with E-state index in [-0.39, 0.29) is 34.9 Å². The topological polar surface area (TPSA) is 98.2 Å². The van der Waals surface area contributed by atoms with Gasteiger partial charge in [-0.1, -0.05) is 6.07 Å². The van der Waals surface area contributed by atoms with Crippen LogP contribution in [0.3, 0.4) is 0 Å². The molecule has 1 aliphatic rings. The first-order chi connectivity index (χ1) is 15.1. The maximum absolute atomic E-state index is 12.6. The van der Waals surface area contributed by atoms with Crippen molar-refractivity contribution in [3.8, 4) is 11.6 Å². The molecule has 3 aromatic rings. The van der Waals surface area contributed by atoms with Crippen LogP contribution < -0.4 is 10.1 Å². The second-order valence-corrected chi connectivity index (χ2v) is 9.68. The molecule has 0 spiro atoms. The number of sulfone groups is 1. The fraction of sp³-hybridized carbons (Fsp3) is 0.286. The van der Waals surface area contributed by atoms with Crippen LogP contribution in [-0.4, -0.2) is 42.3 Å². The number of carbonyl (C=O) groups is 1. The Bertz CT molecular complexity index is 1250. The Kier molecular flexibility index (Phi) is 5.76. The summed E-state index contributed by atoms with van der Waals surface area (Å²) in [6.07, 6.45) is -3.17. The van der Waals surface area contributed by atoms with Gasteiger partial charge in [0.05, 0.1) is 22.6 Å². The van der Waals surface area contributed by atoms with E-state index in [2.05, 4.69) is 15.3 Å². The van der Waals surface area contributed by atoms with E-state index < -0.39 is 21.6 Å². The van der Waals surface area contributed by atoms with E-state index in [9.17, 15) is 26.4 Å². The zero-order valence-electron chi connectivity index (χ0n) is 16.6. The highest BCUT2D eigenvalue weighted by molar-refractivity contribution is 7.92. The van der Waals surface area contributed by atoms with Crippen LogP contribution in [0.25, 0.3) is 10.9 Å². The molecular weight excluding hydrogens is 447 g/mol. The first-order valence-electron chi connectivity index (χ1n) is 9.70. The van der Waals surface area contributed by atoms with Gasteiger partial charge in [0, 0.05) is 24.2 Å². The average Bonchev–Trinajstić information content (AvgIpc) is 2.71. The fourth-order valence-electron chi connectivity index (χ4n) is 3.34. The molecular formula is C21H18F3N3O4S. The summed E-state index contributed by atoms with van der Waals surface area (Å²) in [6.45, 7) is 0.367. The standard InChI is InChI=1S/C21H18F3N3O4S/c22-21(23,24)15-2-6-19(26-10-15)31-16-3-5-17-14(9-16)1-4-18(27-17)20(28)25-8-7-13-11-32(29,30)12-13/h1-6,9-10,13H,7-8,11-12H2,(H,25,28). The number of hydrogen-bond donors (Lipinski definition) is 1. The van der Waals surface area contributed by atoms with Crippen molar-refractivity contribution in [3.05, 3.63) is 59.9 Å². The van der Waals surface area contributed by atoms with Gasteiger partial charge in [0.2, 0.25) is 5.88 Å². The third-order valence-electron chi connectivity index (χ3n) is 5.00. The average molecular weight is 465 g/mol. The summed E-state index contributed by atoms with van der Waals surface area (Å²) < 4.78 is 65.7. The first-order valence-corrected chi connectivity index (χ1v) is 11.5. The van der Waals surface area contributed by atoms with Gasteiger partial charge in [-0.2, -0.15) is 13.2 Å². The summed E-state index contributed by atoms with van der Waals surface area (Å²) in [7, 11) is -2.87. The van der Waals surface area contributed by atoms with Gasteiger partial charge in [-0.05, 0) is 42.7 Å². The normalized spacial score (nSPS) is 15.8. The molecule has 1 fully saturated rings. The van der Waals surface area contributed by atoms with Crippen molar-refractivity contribution in [2.24, 2.45) is 5.92 Å². The molecule has 11 heteroatoms.